The van der Waals surface area contributed by atoms with Crippen LogP contribution in [0.3, 0.4) is 0 Å². The molecule has 1 aliphatic rings. The molecule has 0 saturated carbocycles. The number of piperidine rings is 1. The molecule has 0 bridgehead atoms. The Morgan fingerprint density at radius 3 is 2.52 bits per heavy atom. The first-order valence-electron chi connectivity index (χ1n) is 7.70. The molecule has 4 nitrogen and oxygen atoms in total. The molecule has 1 aliphatic heterocycles. The smallest absolute Gasteiger partial charge is 0.414 e. The Hall–Kier alpha value is -1.60. The Labute approximate surface area is 131 Å². The molecule has 3 rings (SSSR count). The summed E-state index contributed by atoms with van der Waals surface area (Å²) in [4.78, 5) is 6.49. The number of nitrogens with zero attached hydrogens (tertiary/aromatic N) is 2. The molecule has 0 amide bonds. The second-order valence-electron chi connectivity index (χ2n) is 6.06. The molecule has 2 unspecified atom stereocenters. The number of oxazole rings is 1. The van der Waals surface area contributed by atoms with Gasteiger partial charge in [-0.25, -0.2) is 4.98 Å². The number of hydrogen-bond donors (Lipinski definition) is 1. The summed E-state index contributed by atoms with van der Waals surface area (Å²) in [6.07, 6.45) is -6.15. The van der Waals surface area contributed by atoms with Crippen molar-refractivity contribution in [3.05, 3.63) is 30.2 Å². The average molecular weight is 328 g/mol. The fourth-order valence-corrected chi connectivity index (χ4v) is 3.11. The molecule has 23 heavy (non-hydrogen) atoms. The van der Waals surface area contributed by atoms with Crippen LogP contribution in [0.15, 0.2) is 28.7 Å². The van der Waals surface area contributed by atoms with Crippen molar-refractivity contribution in [3.63, 3.8) is 0 Å². The highest BCUT2D eigenvalue weighted by Gasteiger charge is 2.44. The van der Waals surface area contributed by atoms with Gasteiger partial charge >= 0.3 is 6.18 Å². The van der Waals surface area contributed by atoms with E-state index in [1.807, 2.05) is 36.1 Å². The monoisotopic (exact) mass is 328 g/mol. The highest BCUT2D eigenvalue weighted by atomic mass is 19.4. The quantitative estimate of drug-likeness (QED) is 0.936. The minimum absolute atomic E-state index is 0.105. The van der Waals surface area contributed by atoms with E-state index >= 15 is 0 Å². The number of likely N-dealkylation sites (tertiary alicyclic amines) is 1. The fraction of sp³-hybridized carbons (Fsp3) is 0.562. The van der Waals surface area contributed by atoms with Crippen LogP contribution in [-0.4, -0.2) is 40.4 Å². The van der Waals surface area contributed by atoms with E-state index in [0.29, 0.717) is 37.4 Å². The molecule has 126 valence electrons. The summed E-state index contributed by atoms with van der Waals surface area (Å²) in [5, 5.41) is 9.37. The zero-order valence-corrected chi connectivity index (χ0v) is 12.8. The van der Waals surface area contributed by atoms with Gasteiger partial charge in [-0.1, -0.05) is 12.1 Å². The summed E-state index contributed by atoms with van der Waals surface area (Å²) < 4.78 is 43.5. The van der Waals surface area contributed by atoms with E-state index in [4.69, 9.17) is 4.42 Å². The second-order valence-corrected chi connectivity index (χ2v) is 6.06. The molecule has 0 spiro atoms. The molecule has 1 aromatic heterocycles. The number of benzene rings is 1. The third-order valence-corrected chi connectivity index (χ3v) is 4.57. The van der Waals surface area contributed by atoms with Crippen molar-refractivity contribution in [2.24, 2.45) is 5.92 Å². The summed E-state index contributed by atoms with van der Waals surface area (Å²) in [6, 6.07) is 7.34. The Balaban J connectivity index is 1.65. The first-order valence-corrected chi connectivity index (χ1v) is 7.70. The van der Waals surface area contributed by atoms with Gasteiger partial charge in [0.05, 0.1) is 6.04 Å². The van der Waals surface area contributed by atoms with E-state index in [1.165, 1.54) is 0 Å². The van der Waals surface area contributed by atoms with Crippen LogP contribution in [0.5, 0.6) is 0 Å². The predicted molar refractivity (Wildman–Crippen MR) is 78.8 cm³/mol. The molecule has 1 saturated heterocycles. The standard InChI is InChI=1S/C16H19F3N2O2/c1-10(15-20-12-4-2-3-5-13(12)23-15)21-8-6-11(7-9-21)14(22)16(17,18)19/h2-5,10-11,14,22H,6-9H2,1H3. The van der Waals surface area contributed by atoms with Gasteiger partial charge in [-0.3, -0.25) is 4.90 Å². The van der Waals surface area contributed by atoms with Gasteiger partial charge in [0.25, 0.3) is 0 Å². The minimum Gasteiger partial charge on any atom is -0.439 e. The summed E-state index contributed by atoms with van der Waals surface area (Å²) in [6.45, 7) is 2.90. The van der Waals surface area contributed by atoms with Crippen molar-refractivity contribution in [3.8, 4) is 0 Å². The molecular formula is C16H19F3N2O2. The van der Waals surface area contributed by atoms with E-state index in [9.17, 15) is 18.3 Å². The minimum atomic E-state index is -4.54. The lowest BCUT2D eigenvalue weighted by Crippen LogP contribution is -2.44. The van der Waals surface area contributed by atoms with E-state index < -0.39 is 18.2 Å². The maximum absolute atomic E-state index is 12.6. The molecule has 2 heterocycles. The third kappa shape index (κ3) is 3.35. The summed E-state index contributed by atoms with van der Waals surface area (Å²) >= 11 is 0. The topological polar surface area (TPSA) is 49.5 Å². The van der Waals surface area contributed by atoms with Crippen LogP contribution in [0.25, 0.3) is 11.1 Å². The largest absolute Gasteiger partial charge is 0.439 e. The SMILES string of the molecule is CC(c1nc2ccccc2o1)N1CCC(C(O)C(F)(F)F)CC1. The number of aromatic nitrogens is 1. The van der Waals surface area contributed by atoms with Gasteiger partial charge in [0.2, 0.25) is 5.89 Å². The Morgan fingerprint density at radius 2 is 1.91 bits per heavy atom. The Morgan fingerprint density at radius 1 is 1.26 bits per heavy atom. The number of aliphatic hydroxyl groups excluding tert-OH is 1. The number of fused-ring (bicyclic) bond motifs is 1. The van der Waals surface area contributed by atoms with E-state index in [-0.39, 0.29) is 6.04 Å². The van der Waals surface area contributed by atoms with Crippen molar-refractivity contribution in [1.82, 2.24) is 9.88 Å². The zero-order chi connectivity index (χ0) is 16.6. The van der Waals surface area contributed by atoms with Gasteiger partial charge in [0.1, 0.15) is 5.52 Å². The Kier molecular flexibility index (Phi) is 4.33. The van der Waals surface area contributed by atoms with Gasteiger partial charge in [0.15, 0.2) is 11.7 Å². The van der Waals surface area contributed by atoms with Gasteiger partial charge in [0, 0.05) is 0 Å². The lowest BCUT2D eigenvalue weighted by atomic mass is 9.90. The molecule has 1 fully saturated rings. The summed E-state index contributed by atoms with van der Waals surface area (Å²) in [5.41, 5.74) is 1.48. The highest BCUT2D eigenvalue weighted by Crippen LogP contribution is 2.34. The van der Waals surface area contributed by atoms with E-state index in [0.717, 1.165) is 5.52 Å². The summed E-state index contributed by atoms with van der Waals surface area (Å²) in [5.74, 6) is -0.164. The van der Waals surface area contributed by atoms with Crippen LogP contribution >= 0.6 is 0 Å². The molecule has 2 aromatic rings. The van der Waals surface area contributed by atoms with E-state index in [2.05, 4.69) is 4.98 Å². The molecule has 2 atom stereocenters. The predicted octanol–water partition coefficient (Wildman–Crippen LogP) is 3.52. The number of para-hydroxylation sites is 2. The molecule has 1 aromatic carbocycles. The van der Waals surface area contributed by atoms with Crippen LogP contribution in [0, 0.1) is 5.92 Å². The van der Waals surface area contributed by atoms with Gasteiger partial charge in [-0.05, 0) is 50.9 Å². The van der Waals surface area contributed by atoms with Crippen molar-refractivity contribution < 1.29 is 22.7 Å². The van der Waals surface area contributed by atoms with Crippen molar-refractivity contribution in [1.29, 1.82) is 0 Å². The first-order chi connectivity index (χ1) is 10.9. The molecule has 7 heteroatoms. The number of rotatable bonds is 3. The van der Waals surface area contributed by atoms with Crippen molar-refractivity contribution in [2.45, 2.75) is 38.1 Å². The second kappa shape index (κ2) is 6.13. The number of alkyl halides is 3. The van der Waals surface area contributed by atoms with Crippen LogP contribution in [0.1, 0.15) is 31.7 Å². The fourth-order valence-electron chi connectivity index (χ4n) is 3.11. The Bertz CT molecular complexity index is 630. The maximum atomic E-state index is 12.6. The van der Waals surface area contributed by atoms with E-state index in [1.54, 1.807) is 0 Å². The van der Waals surface area contributed by atoms with Crippen LogP contribution in [0.2, 0.25) is 0 Å². The zero-order valence-electron chi connectivity index (χ0n) is 12.8. The van der Waals surface area contributed by atoms with Crippen molar-refractivity contribution in [2.75, 3.05) is 13.1 Å². The van der Waals surface area contributed by atoms with Gasteiger partial charge in [-0.2, -0.15) is 13.2 Å². The maximum Gasteiger partial charge on any atom is 0.414 e. The van der Waals surface area contributed by atoms with Gasteiger partial charge < -0.3 is 9.52 Å². The van der Waals surface area contributed by atoms with Crippen LogP contribution in [-0.2, 0) is 0 Å². The molecular weight excluding hydrogens is 309 g/mol. The average Bonchev–Trinajstić information content (AvgIpc) is 2.96. The van der Waals surface area contributed by atoms with Crippen LogP contribution in [0.4, 0.5) is 13.2 Å². The first kappa shape index (κ1) is 16.3. The number of hydrogen-bond acceptors (Lipinski definition) is 4. The molecule has 1 N–H and O–H groups in total. The highest BCUT2D eigenvalue weighted by molar-refractivity contribution is 5.72. The van der Waals surface area contributed by atoms with Crippen LogP contribution < -0.4 is 0 Å². The van der Waals surface area contributed by atoms with Crippen molar-refractivity contribution >= 4 is 11.1 Å². The lowest BCUT2D eigenvalue weighted by Gasteiger charge is -2.36. The lowest BCUT2D eigenvalue weighted by molar-refractivity contribution is -0.223. The summed E-state index contributed by atoms with van der Waals surface area (Å²) in [7, 11) is 0. The molecule has 0 aliphatic carbocycles. The van der Waals surface area contributed by atoms with Gasteiger partial charge in [-0.15, -0.1) is 0 Å². The third-order valence-electron chi connectivity index (χ3n) is 4.57. The normalized spacial score (nSPS) is 20.7. The molecule has 0 radical (unpaired) electrons. The number of aliphatic hydroxyl groups is 1. The number of halogens is 3.